The molecular weight excluding hydrogens is 901 g/mol. The van der Waals surface area contributed by atoms with Gasteiger partial charge in [-0.2, -0.15) is 0 Å². The second-order valence-corrected chi connectivity index (χ2v) is 19.8. The number of fused-ring (bicyclic) bond motifs is 7. The fourth-order valence-electron chi connectivity index (χ4n) is 10.1. The highest BCUT2D eigenvalue weighted by Crippen LogP contribution is 2.47. The van der Waals surface area contributed by atoms with Crippen molar-refractivity contribution in [3.63, 3.8) is 0 Å². The van der Waals surface area contributed by atoms with E-state index in [-0.39, 0.29) is 11.1 Å². The molecule has 4 aromatic rings. The van der Waals surface area contributed by atoms with Crippen LogP contribution in [0, 0.1) is 27.7 Å². The maximum atomic E-state index is 14.2. The van der Waals surface area contributed by atoms with Gasteiger partial charge >= 0.3 is 7.40 Å². The predicted molar refractivity (Wildman–Crippen MR) is 284 cm³/mol. The van der Waals surface area contributed by atoms with E-state index in [2.05, 4.69) is 89.3 Å². The Balaban J connectivity index is 1.06. The van der Waals surface area contributed by atoms with E-state index in [9.17, 15) is 8.63 Å². The Hall–Kier alpha value is -5.90. The molecule has 8 rings (SSSR count). The standard InChI is InChI=1S/C56H73BF2N6O6/c1-10-11-12-45(30-40(4)43(7)44(8)54-41(5)29-42(6)65(54)57(58)59)47(60)32-61-46-15-18-48(51(31-46)66-9)62-20-23-70-52-27-38(2)13-16-49(52)63-33-55(63)19-22-67-36-56(37-69-26-25-68-35-55)34-64(56)50-17-14-39(3)28-53(50)71-24-21-62/h12-18,27-32,61H,10-11,19-26,33-37,60H2,1-9H3/b40-30-,44-43+,45-12-,47-32-. The highest BCUT2D eigenvalue weighted by Gasteiger charge is 2.56. The van der Waals surface area contributed by atoms with Gasteiger partial charge in [0.25, 0.3) is 0 Å². The number of methoxy groups -OCH3 is 1. The lowest BCUT2D eigenvalue weighted by atomic mass is 9.96. The van der Waals surface area contributed by atoms with Gasteiger partial charge in [-0.05, 0) is 149 Å². The smallest absolute Gasteiger partial charge is 0.495 e. The summed E-state index contributed by atoms with van der Waals surface area (Å²) < 4.78 is 68.1. The van der Waals surface area contributed by atoms with Crippen LogP contribution in [0.4, 0.5) is 31.4 Å². The number of nitrogens with two attached hydrogens (primary N) is 1. The Kier molecular flexibility index (Phi) is 16.1. The molecule has 4 aliphatic heterocycles. The summed E-state index contributed by atoms with van der Waals surface area (Å²) in [4.78, 5) is 7.02. The number of unbranched alkanes of at least 4 members (excludes halogenated alkanes) is 1. The first kappa shape index (κ1) is 51.5. The molecule has 15 heteroatoms. The topological polar surface area (TPSA) is 108 Å². The summed E-state index contributed by atoms with van der Waals surface area (Å²) in [6, 6.07) is 20.7. The molecule has 5 heterocycles. The second kappa shape index (κ2) is 22.3. The summed E-state index contributed by atoms with van der Waals surface area (Å²) in [6.45, 7) is 22.7. The number of anilines is 4. The number of nitrogens with zero attached hydrogens (tertiary/aromatic N) is 4. The van der Waals surface area contributed by atoms with Crippen LogP contribution in [0.2, 0.25) is 0 Å². The van der Waals surface area contributed by atoms with Crippen LogP contribution in [0.3, 0.4) is 0 Å². The van der Waals surface area contributed by atoms with Gasteiger partial charge in [0.15, 0.2) is 0 Å². The van der Waals surface area contributed by atoms with Gasteiger partial charge in [0, 0.05) is 49.0 Å². The number of aromatic nitrogens is 1. The SMILES string of the molecule is CCC/C=C(/C=C(C)\C(C)=C(/C)c1c(C)cc(C)n1B(F)F)C(\N)=C\Nc1ccc(N2CCOc3cc(C)ccc3N3CC34CCOCC3(COCCOC4)CN3c3ccc(C)cc3OCC2)c(OC)c1. The Bertz CT molecular complexity index is 2600. The number of benzene rings is 3. The first-order chi connectivity index (χ1) is 34.2. The van der Waals surface area contributed by atoms with Crippen molar-refractivity contribution in [1.29, 1.82) is 0 Å². The molecule has 1 aromatic heterocycles. The molecule has 0 radical (unpaired) electrons. The van der Waals surface area contributed by atoms with Gasteiger partial charge < -0.3 is 58.6 Å². The van der Waals surface area contributed by atoms with Crippen molar-refractivity contribution in [3.05, 3.63) is 130 Å². The van der Waals surface area contributed by atoms with E-state index in [1.54, 1.807) is 20.2 Å². The van der Waals surface area contributed by atoms with Crippen molar-refractivity contribution in [3.8, 4) is 17.2 Å². The van der Waals surface area contributed by atoms with Gasteiger partial charge in [-0.3, -0.25) is 8.63 Å². The van der Waals surface area contributed by atoms with Gasteiger partial charge in [0.1, 0.15) is 36.0 Å². The van der Waals surface area contributed by atoms with E-state index in [0.717, 1.165) is 110 Å². The third-order valence-corrected chi connectivity index (χ3v) is 14.5. The minimum Gasteiger partial charge on any atom is -0.495 e. The van der Waals surface area contributed by atoms with E-state index in [1.165, 1.54) is 0 Å². The summed E-state index contributed by atoms with van der Waals surface area (Å²) in [6.07, 6.45) is 8.54. The predicted octanol–water partition coefficient (Wildman–Crippen LogP) is 10.4. The molecule has 12 nitrogen and oxygen atoms in total. The molecule has 3 aromatic carbocycles. The molecule has 2 unspecified atom stereocenters. The molecule has 2 bridgehead atoms. The zero-order valence-corrected chi connectivity index (χ0v) is 43.3. The normalized spacial score (nSPS) is 21.7. The van der Waals surface area contributed by atoms with E-state index in [0.29, 0.717) is 88.8 Å². The Morgan fingerprint density at radius 2 is 1.37 bits per heavy atom. The largest absolute Gasteiger partial charge is 0.677 e. The van der Waals surface area contributed by atoms with Crippen LogP contribution in [0.5, 0.6) is 17.2 Å². The van der Waals surface area contributed by atoms with Gasteiger partial charge in [-0.15, -0.1) is 0 Å². The number of ether oxygens (including phenoxy) is 6. The maximum absolute atomic E-state index is 14.2. The van der Waals surface area contributed by atoms with Crippen molar-refractivity contribution in [2.75, 3.05) is 106 Å². The van der Waals surface area contributed by atoms with Crippen molar-refractivity contribution < 1.29 is 37.1 Å². The molecule has 2 spiro atoms. The summed E-state index contributed by atoms with van der Waals surface area (Å²) in [5.41, 5.74) is 18.3. The molecule has 0 aliphatic carbocycles. The third kappa shape index (κ3) is 11.6. The lowest BCUT2D eigenvalue weighted by Crippen LogP contribution is -2.35. The van der Waals surface area contributed by atoms with Gasteiger partial charge in [-0.25, -0.2) is 0 Å². The number of rotatable bonds is 11. The van der Waals surface area contributed by atoms with Gasteiger partial charge in [0.05, 0.1) is 81.5 Å². The highest BCUT2D eigenvalue weighted by molar-refractivity contribution is 6.41. The van der Waals surface area contributed by atoms with Crippen molar-refractivity contribution >= 4 is 35.7 Å². The second-order valence-electron chi connectivity index (χ2n) is 19.8. The quantitative estimate of drug-likeness (QED) is 0.0852. The zero-order chi connectivity index (χ0) is 50.5. The average Bonchev–Trinajstić information content (AvgIpc) is 4.23. The highest BCUT2D eigenvalue weighted by atomic mass is 19.2. The minimum absolute atomic E-state index is 0.190. The molecule has 3 fully saturated rings. The van der Waals surface area contributed by atoms with E-state index in [4.69, 9.17) is 34.2 Å². The molecular formula is C56H73BF2N6O6. The van der Waals surface area contributed by atoms with E-state index >= 15 is 0 Å². The van der Waals surface area contributed by atoms with Gasteiger partial charge in [-0.1, -0.05) is 31.6 Å². The summed E-state index contributed by atoms with van der Waals surface area (Å²) in [5, 5.41) is 3.42. The molecule has 71 heavy (non-hydrogen) atoms. The maximum Gasteiger partial charge on any atom is 0.677 e. The number of allylic oxidation sites excluding steroid dienone is 5. The van der Waals surface area contributed by atoms with Crippen molar-refractivity contribution in [2.24, 2.45) is 5.73 Å². The van der Waals surface area contributed by atoms with E-state index < -0.39 is 7.40 Å². The number of halogens is 2. The lowest BCUT2D eigenvalue weighted by molar-refractivity contribution is 0.00361. The Morgan fingerprint density at radius 1 is 0.775 bits per heavy atom. The summed E-state index contributed by atoms with van der Waals surface area (Å²) >= 11 is 0. The number of hydrogen-bond acceptors (Lipinski definition) is 11. The molecule has 380 valence electrons. The fourth-order valence-corrected chi connectivity index (χ4v) is 10.1. The number of hydrogen-bond donors (Lipinski definition) is 2. The fraction of sp³-hybridized carbons (Fsp3) is 0.464. The van der Waals surface area contributed by atoms with Crippen molar-refractivity contribution in [1.82, 2.24) is 4.48 Å². The minimum atomic E-state index is -2.63. The van der Waals surface area contributed by atoms with Crippen LogP contribution in [-0.4, -0.2) is 109 Å². The van der Waals surface area contributed by atoms with Crippen LogP contribution >= 0.6 is 0 Å². The average molecular weight is 975 g/mol. The number of nitrogens with one attached hydrogen (secondary N) is 1. The monoisotopic (exact) mass is 975 g/mol. The Labute approximate surface area is 420 Å². The zero-order valence-electron chi connectivity index (χ0n) is 43.3. The first-order valence-corrected chi connectivity index (χ1v) is 25.1. The first-order valence-electron chi connectivity index (χ1n) is 25.1. The lowest BCUT2D eigenvalue weighted by Gasteiger charge is -2.28. The van der Waals surface area contributed by atoms with Crippen LogP contribution in [0.15, 0.2) is 101 Å². The molecule has 3 N–H and O–H groups in total. The molecule has 0 amide bonds. The van der Waals surface area contributed by atoms with Crippen LogP contribution in [-0.2, 0) is 14.2 Å². The van der Waals surface area contributed by atoms with Crippen LogP contribution < -0.4 is 40.0 Å². The van der Waals surface area contributed by atoms with Crippen molar-refractivity contribution in [2.45, 2.75) is 85.7 Å². The molecule has 3 saturated heterocycles. The molecule has 4 aliphatic rings. The van der Waals surface area contributed by atoms with E-state index in [1.807, 2.05) is 52.0 Å². The third-order valence-electron chi connectivity index (χ3n) is 14.5. The number of aryl methyl sites for hydroxylation is 4. The Morgan fingerprint density at radius 3 is 1.99 bits per heavy atom. The molecule has 2 atom stereocenters. The summed E-state index contributed by atoms with van der Waals surface area (Å²) in [7, 11) is -0.950. The molecule has 0 saturated carbocycles. The summed E-state index contributed by atoms with van der Waals surface area (Å²) in [5.74, 6) is 2.34. The van der Waals surface area contributed by atoms with Crippen LogP contribution in [0.25, 0.3) is 5.57 Å². The van der Waals surface area contributed by atoms with Gasteiger partial charge in [0.2, 0.25) is 0 Å². The van der Waals surface area contributed by atoms with Crippen LogP contribution in [0.1, 0.15) is 75.0 Å².